The highest BCUT2D eigenvalue weighted by atomic mass is 35.5. The Morgan fingerprint density at radius 1 is 1.26 bits per heavy atom. The van der Waals surface area contributed by atoms with Crippen molar-refractivity contribution in [3.8, 4) is 0 Å². The van der Waals surface area contributed by atoms with Gasteiger partial charge in [-0.15, -0.1) is 0 Å². The molecule has 0 spiro atoms. The summed E-state index contributed by atoms with van der Waals surface area (Å²) in [7, 11) is 1.64. The molecule has 0 atom stereocenters. The van der Waals surface area contributed by atoms with E-state index in [9.17, 15) is 4.79 Å². The predicted molar refractivity (Wildman–Crippen MR) is 77.7 cm³/mol. The van der Waals surface area contributed by atoms with Gasteiger partial charge in [-0.25, -0.2) is 0 Å². The zero-order valence-corrected chi connectivity index (χ0v) is 11.8. The first-order chi connectivity index (χ1) is 9.19. The van der Waals surface area contributed by atoms with Gasteiger partial charge in [-0.3, -0.25) is 4.79 Å². The van der Waals surface area contributed by atoms with Gasteiger partial charge in [0.15, 0.2) is 0 Å². The van der Waals surface area contributed by atoms with Crippen LogP contribution in [0.4, 0.5) is 5.69 Å². The van der Waals surface area contributed by atoms with Crippen molar-refractivity contribution >= 4 is 23.2 Å². The molecule has 0 saturated heterocycles. The summed E-state index contributed by atoms with van der Waals surface area (Å²) in [6.07, 6.45) is 5.28. The summed E-state index contributed by atoms with van der Waals surface area (Å²) in [5, 5.41) is 6.91. The lowest BCUT2D eigenvalue weighted by Gasteiger charge is -2.20. The van der Waals surface area contributed by atoms with Crippen molar-refractivity contribution < 1.29 is 4.79 Å². The molecule has 2 fully saturated rings. The molecule has 2 N–H and O–H groups in total. The number of benzene rings is 1. The molecule has 2 aliphatic carbocycles. The number of nitrogens with one attached hydrogen (secondary N) is 2. The number of carbonyl (C=O) groups is 1. The van der Waals surface area contributed by atoms with Crippen molar-refractivity contribution in [2.75, 3.05) is 12.4 Å². The van der Waals surface area contributed by atoms with Crippen LogP contribution in [0.2, 0.25) is 5.02 Å². The molecular weight excluding hydrogens is 260 g/mol. The average Bonchev–Trinajstić information content (AvgIpc) is 3.29. The second kappa shape index (κ2) is 5.04. The van der Waals surface area contributed by atoms with Crippen molar-refractivity contribution in [2.45, 2.75) is 31.7 Å². The van der Waals surface area contributed by atoms with Crippen LogP contribution in [-0.2, 0) is 0 Å². The zero-order valence-electron chi connectivity index (χ0n) is 11.1. The molecule has 1 amide bonds. The number of hydrogen-bond donors (Lipinski definition) is 2. The lowest BCUT2D eigenvalue weighted by atomic mass is 10.1. The van der Waals surface area contributed by atoms with Gasteiger partial charge in [0.25, 0.3) is 5.91 Å². The number of anilines is 1. The van der Waals surface area contributed by atoms with Crippen LogP contribution in [0.15, 0.2) is 18.2 Å². The SMILES string of the molecule is CNC(=O)c1ccc(Cl)c(NC(C2CC2)C2CC2)c1. The number of hydrogen-bond acceptors (Lipinski definition) is 2. The quantitative estimate of drug-likeness (QED) is 0.868. The fourth-order valence-electron chi connectivity index (χ4n) is 2.63. The summed E-state index contributed by atoms with van der Waals surface area (Å²) in [4.78, 5) is 11.7. The maximum Gasteiger partial charge on any atom is 0.251 e. The molecule has 102 valence electrons. The van der Waals surface area contributed by atoms with E-state index < -0.39 is 0 Å². The van der Waals surface area contributed by atoms with E-state index in [-0.39, 0.29) is 5.91 Å². The first-order valence-electron chi connectivity index (χ1n) is 6.97. The Morgan fingerprint density at radius 3 is 2.42 bits per heavy atom. The molecule has 4 heteroatoms. The van der Waals surface area contributed by atoms with Crippen LogP contribution in [0.3, 0.4) is 0 Å². The van der Waals surface area contributed by atoms with Crippen molar-refractivity contribution in [2.24, 2.45) is 11.8 Å². The molecule has 0 aliphatic heterocycles. The van der Waals surface area contributed by atoms with Crippen LogP contribution in [-0.4, -0.2) is 19.0 Å². The predicted octanol–water partition coefficient (Wildman–Crippen LogP) is 3.30. The number of halogens is 1. The van der Waals surface area contributed by atoms with Crippen molar-refractivity contribution in [3.05, 3.63) is 28.8 Å². The number of rotatable bonds is 5. The van der Waals surface area contributed by atoms with Gasteiger partial charge in [-0.2, -0.15) is 0 Å². The molecule has 1 aromatic rings. The van der Waals surface area contributed by atoms with Crippen LogP contribution in [0.25, 0.3) is 0 Å². The van der Waals surface area contributed by atoms with Gasteiger partial charge in [-0.05, 0) is 55.7 Å². The second-order valence-corrected chi connectivity index (χ2v) is 6.03. The zero-order chi connectivity index (χ0) is 13.4. The molecule has 19 heavy (non-hydrogen) atoms. The highest BCUT2D eigenvalue weighted by Crippen LogP contribution is 2.46. The monoisotopic (exact) mass is 278 g/mol. The summed E-state index contributed by atoms with van der Waals surface area (Å²) in [6.45, 7) is 0. The number of carbonyl (C=O) groups excluding carboxylic acids is 1. The first-order valence-corrected chi connectivity index (χ1v) is 7.35. The van der Waals surface area contributed by atoms with E-state index in [2.05, 4.69) is 10.6 Å². The third kappa shape index (κ3) is 2.86. The topological polar surface area (TPSA) is 41.1 Å². The molecular formula is C15H19ClN2O. The minimum Gasteiger partial charge on any atom is -0.381 e. The van der Waals surface area contributed by atoms with Gasteiger partial charge in [0, 0.05) is 18.7 Å². The largest absolute Gasteiger partial charge is 0.381 e. The van der Waals surface area contributed by atoms with E-state index in [1.807, 2.05) is 6.07 Å². The average molecular weight is 279 g/mol. The van der Waals surface area contributed by atoms with Crippen molar-refractivity contribution in [3.63, 3.8) is 0 Å². The van der Waals surface area contributed by atoms with Gasteiger partial charge >= 0.3 is 0 Å². The van der Waals surface area contributed by atoms with Crippen molar-refractivity contribution in [1.82, 2.24) is 5.32 Å². The van der Waals surface area contributed by atoms with Crippen molar-refractivity contribution in [1.29, 1.82) is 0 Å². The Hall–Kier alpha value is -1.22. The molecule has 0 aromatic heterocycles. The summed E-state index contributed by atoms with van der Waals surface area (Å²) in [5.74, 6) is 1.52. The van der Waals surface area contributed by atoms with Crippen LogP contribution in [0, 0.1) is 11.8 Å². The lowest BCUT2D eigenvalue weighted by molar-refractivity contribution is 0.0963. The van der Waals surface area contributed by atoms with E-state index in [0.29, 0.717) is 16.6 Å². The van der Waals surface area contributed by atoms with E-state index in [1.165, 1.54) is 25.7 Å². The molecule has 2 aliphatic rings. The fourth-order valence-corrected chi connectivity index (χ4v) is 2.80. The molecule has 1 aromatic carbocycles. The summed E-state index contributed by atoms with van der Waals surface area (Å²) in [5.41, 5.74) is 1.55. The Balaban J connectivity index is 1.80. The van der Waals surface area contributed by atoms with Gasteiger partial charge in [0.1, 0.15) is 0 Å². The smallest absolute Gasteiger partial charge is 0.251 e. The third-order valence-corrected chi connectivity index (χ3v) is 4.37. The van der Waals surface area contributed by atoms with E-state index in [1.54, 1.807) is 19.2 Å². The number of amides is 1. The Morgan fingerprint density at radius 2 is 1.89 bits per heavy atom. The Kier molecular flexibility index (Phi) is 3.40. The molecule has 0 bridgehead atoms. The van der Waals surface area contributed by atoms with Gasteiger partial charge in [0.05, 0.1) is 10.7 Å². The van der Waals surface area contributed by atoms with Crippen LogP contribution in [0.1, 0.15) is 36.0 Å². The normalized spacial score (nSPS) is 18.5. The van der Waals surface area contributed by atoms with Gasteiger partial charge in [0.2, 0.25) is 0 Å². The standard InChI is InChI=1S/C15H19ClN2O/c1-17-15(19)11-6-7-12(16)13(8-11)18-14(9-2-3-9)10-4-5-10/h6-10,14,18H,2-5H2,1H3,(H,17,19). The minimum absolute atomic E-state index is 0.0749. The minimum atomic E-state index is -0.0749. The maximum atomic E-state index is 11.7. The second-order valence-electron chi connectivity index (χ2n) is 5.62. The Labute approximate surface area is 118 Å². The van der Waals surface area contributed by atoms with Crippen LogP contribution >= 0.6 is 11.6 Å². The summed E-state index contributed by atoms with van der Waals surface area (Å²) in [6, 6.07) is 5.96. The third-order valence-electron chi connectivity index (χ3n) is 4.04. The van der Waals surface area contributed by atoms with Gasteiger partial charge in [-0.1, -0.05) is 11.6 Å². The molecule has 3 nitrogen and oxygen atoms in total. The summed E-state index contributed by atoms with van der Waals surface area (Å²) >= 11 is 6.24. The molecule has 3 rings (SSSR count). The first kappa shape index (κ1) is 12.8. The lowest BCUT2D eigenvalue weighted by Crippen LogP contribution is -2.25. The Bertz CT molecular complexity index is 483. The molecule has 0 heterocycles. The maximum absolute atomic E-state index is 11.7. The molecule has 2 saturated carbocycles. The van der Waals surface area contributed by atoms with Gasteiger partial charge < -0.3 is 10.6 Å². The van der Waals surface area contributed by atoms with E-state index in [0.717, 1.165) is 17.5 Å². The highest BCUT2D eigenvalue weighted by Gasteiger charge is 2.41. The van der Waals surface area contributed by atoms with Crippen LogP contribution in [0.5, 0.6) is 0 Å². The highest BCUT2D eigenvalue weighted by molar-refractivity contribution is 6.33. The van der Waals surface area contributed by atoms with E-state index in [4.69, 9.17) is 11.6 Å². The van der Waals surface area contributed by atoms with Crippen LogP contribution < -0.4 is 10.6 Å². The van der Waals surface area contributed by atoms with E-state index >= 15 is 0 Å². The molecule has 0 unspecified atom stereocenters. The molecule has 0 radical (unpaired) electrons. The summed E-state index contributed by atoms with van der Waals surface area (Å²) < 4.78 is 0. The fraction of sp³-hybridized carbons (Fsp3) is 0.533.